The summed E-state index contributed by atoms with van der Waals surface area (Å²) in [6.07, 6.45) is 5.34. The first-order valence-electron chi connectivity index (χ1n) is 6.94. The Balaban J connectivity index is 1.84. The lowest BCUT2D eigenvalue weighted by Gasteiger charge is -2.32. The molecule has 1 rings (SSSR count). The molecule has 0 aromatic carbocycles. The second-order valence-corrected chi connectivity index (χ2v) is 4.96. The Kier molecular flexibility index (Phi) is 7.81. The number of hydrogen-bond donors (Lipinski definition) is 1. The molecule has 1 saturated heterocycles. The van der Waals surface area contributed by atoms with Gasteiger partial charge in [0.1, 0.15) is 0 Å². The van der Waals surface area contributed by atoms with Gasteiger partial charge in [-0.1, -0.05) is 13.3 Å². The first-order chi connectivity index (χ1) is 7.83. The van der Waals surface area contributed by atoms with Gasteiger partial charge in [0.25, 0.3) is 0 Å². The van der Waals surface area contributed by atoms with E-state index in [2.05, 4.69) is 29.1 Å². The van der Waals surface area contributed by atoms with Crippen LogP contribution in [-0.2, 0) is 0 Å². The fourth-order valence-electron chi connectivity index (χ4n) is 2.14. The Morgan fingerprint density at radius 2 is 1.69 bits per heavy atom. The molecular formula is C13H29N3. The zero-order valence-electron chi connectivity index (χ0n) is 11.2. The zero-order chi connectivity index (χ0) is 11.6. The number of nitrogens with zero attached hydrogens (tertiary/aromatic N) is 2. The van der Waals surface area contributed by atoms with Crippen molar-refractivity contribution < 1.29 is 0 Å². The molecule has 0 aromatic rings. The molecule has 96 valence electrons. The minimum Gasteiger partial charge on any atom is -0.317 e. The maximum atomic E-state index is 3.46. The van der Waals surface area contributed by atoms with E-state index in [1.54, 1.807) is 0 Å². The predicted octanol–water partition coefficient (Wildman–Crippen LogP) is 1.40. The highest BCUT2D eigenvalue weighted by molar-refractivity contribution is 4.68. The molecule has 0 bridgehead atoms. The highest BCUT2D eigenvalue weighted by Gasteiger charge is 2.12. The van der Waals surface area contributed by atoms with Crippen molar-refractivity contribution in [2.45, 2.75) is 32.6 Å². The summed E-state index contributed by atoms with van der Waals surface area (Å²) in [5, 5.41) is 3.46. The molecule has 3 nitrogen and oxygen atoms in total. The molecule has 0 amide bonds. The van der Waals surface area contributed by atoms with Crippen molar-refractivity contribution in [2.24, 2.45) is 0 Å². The third kappa shape index (κ3) is 6.46. The molecule has 0 atom stereocenters. The summed E-state index contributed by atoms with van der Waals surface area (Å²) in [5.41, 5.74) is 0. The zero-order valence-corrected chi connectivity index (χ0v) is 11.2. The van der Waals surface area contributed by atoms with Crippen LogP contribution in [0.25, 0.3) is 0 Å². The molecule has 16 heavy (non-hydrogen) atoms. The van der Waals surface area contributed by atoms with Gasteiger partial charge < -0.3 is 15.1 Å². The topological polar surface area (TPSA) is 18.5 Å². The van der Waals surface area contributed by atoms with Crippen LogP contribution in [0.5, 0.6) is 0 Å². The Labute approximate surface area is 101 Å². The Bertz CT molecular complexity index is 153. The molecule has 0 radical (unpaired) electrons. The first-order valence-corrected chi connectivity index (χ1v) is 6.94. The van der Waals surface area contributed by atoms with E-state index in [0.717, 1.165) is 0 Å². The van der Waals surface area contributed by atoms with Crippen LogP contribution in [-0.4, -0.2) is 62.7 Å². The van der Waals surface area contributed by atoms with Crippen molar-refractivity contribution in [3.05, 3.63) is 0 Å². The highest BCUT2D eigenvalue weighted by atomic mass is 15.2. The maximum Gasteiger partial charge on any atom is 0.0110 e. The Morgan fingerprint density at radius 3 is 2.38 bits per heavy atom. The lowest BCUT2D eigenvalue weighted by molar-refractivity contribution is 0.152. The van der Waals surface area contributed by atoms with E-state index in [9.17, 15) is 0 Å². The third-order valence-electron chi connectivity index (χ3n) is 3.35. The summed E-state index contributed by atoms with van der Waals surface area (Å²) in [6.45, 7) is 10.9. The van der Waals surface area contributed by atoms with Crippen LogP contribution in [0.1, 0.15) is 32.6 Å². The number of rotatable bonds is 8. The van der Waals surface area contributed by atoms with Gasteiger partial charge in [-0.15, -0.1) is 0 Å². The molecule has 3 heteroatoms. The SMILES string of the molecule is CCCNCCCCCN1CCN(C)CC1. The van der Waals surface area contributed by atoms with Gasteiger partial charge in [-0.3, -0.25) is 0 Å². The molecule has 0 aromatic heterocycles. The van der Waals surface area contributed by atoms with Crippen LogP contribution < -0.4 is 5.32 Å². The van der Waals surface area contributed by atoms with Crippen molar-refractivity contribution in [3.8, 4) is 0 Å². The molecule has 1 N–H and O–H groups in total. The van der Waals surface area contributed by atoms with E-state index in [4.69, 9.17) is 0 Å². The summed E-state index contributed by atoms with van der Waals surface area (Å²) in [4.78, 5) is 5.03. The molecule has 0 saturated carbocycles. The molecule has 0 aliphatic carbocycles. The average molecular weight is 227 g/mol. The van der Waals surface area contributed by atoms with Crippen LogP contribution in [0.4, 0.5) is 0 Å². The van der Waals surface area contributed by atoms with E-state index in [0.29, 0.717) is 0 Å². The van der Waals surface area contributed by atoms with Crippen molar-refractivity contribution in [1.82, 2.24) is 15.1 Å². The van der Waals surface area contributed by atoms with Gasteiger partial charge in [0.05, 0.1) is 0 Å². The quantitative estimate of drug-likeness (QED) is 0.633. The Hall–Kier alpha value is -0.120. The van der Waals surface area contributed by atoms with Crippen LogP contribution >= 0.6 is 0 Å². The van der Waals surface area contributed by atoms with Gasteiger partial charge in [-0.05, 0) is 45.9 Å². The van der Waals surface area contributed by atoms with E-state index in [1.807, 2.05) is 0 Å². The number of unbranched alkanes of at least 4 members (excludes halogenated alkanes) is 2. The van der Waals surface area contributed by atoms with E-state index >= 15 is 0 Å². The van der Waals surface area contributed by atoms with Crippen molar-refractivity contribution >= 4 is 0 Å². The molecule has 1 aliphatic heterocycles. The van der Waals surface area contributed by atoms with E-state index in [-0.39, 0.29) is 0 Å². The first kappa shape index (κ1) is 13.9. The molecule has 1 fully saturated rings. The van der Waals surface area contributed by atoms with Gasteiger partial charge >= 0.3 is 0 Å². The summed E-state index contributed by atoms with van der Waals surface area (Å²) in [5.74, 6) is 0. The molecule has 0 unspecified atom stereocenters. The minimum atomic E-state index is 1.18. The van der Waals surface area contributed by atoms with E-state index < -0.39 is 0 Å². The van der Waals surface area contributed by atoms with Crippen LogP contribution in [0.3, 0.4) is 0 Å². The van der Waals surface area contributed by atoms with Crippen molar-refractivity contribution in [3.63, 3.8) is 0 Å². The second-order valence-electron chi connectivity index (χ2n) is 4.96. The number of piperazine rings is 1. The predicted molar refractivity (Wildman–Crippen MR) is 70.9 cm³/mol. The highest BCUT2D eigenvalue weighted by Crippen LogP contribution is 2.02. The largest absolute Gasteiger partial charge is 0.317 e. The lowest BCUT2D eigenvalue weighted by atomic mass is 10.2. The monoisotopic (exact) mass is 227 g/mol. The second kappa shape index (κ2) is 8.97. The van der Waals surface area contributed by atoms with Crippen LogP contribution in [0.15, 0.2) is 0 Å². The van der Waals surface area contributed by atoms with Gasteiger partial charge in [0.2, 0.25) is 0 Å². The molecule has 1 aliphatic rings. The van der Waals surface area contributed by atoms with Crippen LogP contribution in [0, 0.1) is 0 Å². The van der Waals surface area contributed by atoms with Crippen molar-refractivity contribution in [2.75, 3.05) is 52.9 Å². The molecule has 1 heterocycles. The third-order valence-corrected chi connectivity index (χ3v) is 3.35. The number of nitrogens with one attached hydrogen (secondary N) is 1. The summed E-state index contributed by atoms with van der Waals surface area (Å²) in [7, 11) is 2.22. The fraction of sp³-hybridized carbons (Fsp3) is 1.00. The number of hydrogen-bond acceptors (Lipinski definition) is 3. The Morgan fingerprint density at radius 1 is 0.938 bits per heavy atom. The van der Waals surface area contributed by atoms with Gasteiger partial charge in [-0.25, -0.2) is 0 Å². The average Bonchev–Trinajstić information content (AvgIpc) is 2.30. The van der Waals surface area contributed by atoms with Gasteiger partial charge in [0.15, 0.2) is 0 Å². The normalized spacial score (nSPS) is 19.1. The standard InChI is InChI=1S/C13H29N3/c1-3-7-14-8-5-4-6-9-16-12-10-15(2)11-13-16/h14H,3-13H2,1-2H3. The molecular weight excluding hydrogens is 198 g/mol. The van der Waals surface area contributed by atoms with Gasteiger partial charge in [-0.2, -0.15) is 0 Å². The minimum absolute atomic E-state index is 1.18. The van der Waals surface area contributed by atoms with Gasteiger partial charge in [0, 0.05) is 26.2 Å². The fourth-order valence-corrected chi connectivity index (χ4v) is 2.14. The van der Waals surface area contributed by atoms with E-state index in [1.165, 1.54) is 71.5 Å². The summed E-state index contributed by atoms with van der Waals surface area (Å²) in [6, 6.07) is 0. The molecule has 0 spiro atoms. The smallest absolute Gasteiger partial charge is 0.0110 e. The number of likely N-dealkylation sites (N-methyl/N-ethyl adjacent to an activating group) is 1. The summed E-state index contributed by atoms with van der Waals surface area (Å²) >= 11 is 0. The van der Waals surface area contributed by atoms with Crippen molar-refractivity contribution in [1.29, 1.82) is 0 Å². The summed E-state index contributed by atoms with van der Waals surface area (Å²) < 4.78 is 0. The maximum absolute atomic E-state index is 3.46. The van der Waals surface area contributed by atoms with Crippen LogP contribution in [0.2, 0.25) is 0 Å². The lowest BCUT2D eigenvalue weighted by Crippen LogP contribution is -2.44.